The van der Waals surface area contributed by atoms with Crippen molar-refractivity contribution in [3.63, 3.8) is 0 Å². The Balaban J connectivity index is 0. The summed E-state index contributed by atoms with van der Waals surface area (Å²) in [5, 5.41) is 10.6. The molecule has 1 amide bonds. The first-order valence-electron chi connectivity index (χ1n) is 5.98. The fourth-order valence-electron chi connectivity index (χ4n) is 1.49. The van der Waals surface area contributed by atoms with Crippen LogP contribution in [0.5, 0.6) is 0 Å². The number of carbonyl (C=O) groups excluding carboxylic acids is 1. The number of hydrogen-bond donors (Lipinski definition) is 1. The lowest BCUT2D eigenvalue weighted by Gasteiger charge is -2.13. The molecule has 4 heteroatoms. The maximum atomic E-state index is 10.6. The predicted molar refractivity (Wildman–Crippen MR) is 64.6 cm³/mol. The van der Waals surface area contributed by atoms with Gasteiger partial charge in [0.05, 0.1) is 13.2 Å². The summed E-state index contributed by atoms with van der Waals surface area (Å²) in [6.07, 6.45) is 2.66. The highest BCUT2D eigenvalue weighted by atomic mass is 16.5. The smallest absolute Gasteiger partial charge is 0.404 e. The van der Waals surface area contributed by atoms with Gasteiger partial charge in [-0.25, -0.2) is 9.90 Å². The third-order valence-corrected chi connectivity index (χ3v) is 2.02. The van der Waals surface area contributed by atoms with Crippen LogP contribution in [-0.4, -0.2) is 19.3 Å². The minimum absolute atomic E-state index is 0.117. The molecule has 0 rings (SSSR count). The number of ether oxygens (including phenoxy) is 1. The van der Waals surface area contributed by atoms with Crippen LogP contribution in [0.25, 0.3) is 0 Å². The van der Waals surface area contributed by atoms with Crippen molar-refractivity contribution in [1.82, 2.24) is 0 Å². The molecule has 0 aliphatic carbocycles. The van der Waals surface area contributed by atoms with Crippen LogP contribution in [0.4, 0.5) is 4.79 Å². The number of hydrogen-bond acceptors (Lipinski definition) is 2. The van der Waals surface area contributed by atoms with Crippen LogP contribution in [0.1, 0.15) is 47.0 Å². The lowest BCUT2D eigenvalue weighted by molar-refractivity contribution is 0.126. The summed E-state index contributed by atoms with van der Waals surface area (Å²) in [6.45, 7) is 8.67. The van der Waals surface area contributed by atoms with E-state index in [0.29, 0.717) is 18.4 Å². The summed E-state index contributed by atoms with van der Waals surface area (Å²) in [4.78, 5) is 9.60. The van der Waals surface area contributed by atoms with Crippen molar-refractivity contribution in [3.05, 3.63) is 0 Å². The first-order valence-corrected chi connectivity index (χ1v) is 5.98. The summed E-state index contributed by atoms with van der Waals surface area (Å²) in [5.74, 6) is 1.12. The van der Waals surface area contributed by atoms with Gasteiger partial charge in [-0.3, -0.25) is 0 Å². The van der Waals surface area contributed by atoms with Gasteiger partial charge in [0.2, 0.25) is 0 Å². The third-order valence-electron chi connectivity index (χ3n) is 2.02. The Morgan fingerprint density at radius 2 is 1.88 bits per heavy atom. The van der Waals surface area contributed by atoms with Crippen LogP contribution in [0.3, 0.4) is 0 Å². The fraction of sp³-hybridized carbons (Fsp3) is 0.917. The van der Waals surface area contributed by atoms with E-state index >= 15 is 0 Å². The first kappa shape index (κ1) is 17.6. The molecule has 97 valence electrons. The topological polar surface area (TPSA) is 72.2 Å². The molecule has 1 atom stereocenters. The molecule has 1 radical (unpaired) electrons. The van der Waals surface area contributed by atoms with Gasteiger partial charge in [0.15, 0.2) is 0 Å². The van der Waals surface area contributed by atoms with E-state index in [1.807, 2.05) is 0 Å². The molecule has 0 aromatic rings. The number of amides is 1. The van der Waals surface area contributed by atoms with E-state index in [0.717, 1.165) is 19.3 Å². The van der Waals surface area contributed by atoms with Gasteiger partial charge in [-0.2, -0.15) is 0 Å². The van der Waals surface area contributed by atoms with E-state index in [1.165, 1.54) is 0 Å². The Kier molecular flexibility index (Phi) is 13.5. The van der Waals surface area contributed by atoms with Crippen molar-refractivity contribution in [3.8, 4) is 0 Å². The van der Waals surface area contributed by atoms with Gasteiger partial charge in [0, 0.05) is 0 Å². The zero-order valence-corrected chi connectivity index (χ0v) is 11.0. The first-order chi connectivity index (χ1) is 7.47. The lowest BCUT2D eigenvalue weighted by Crippen LogP contribution is -2.11. The SMILES string of the molecule is CCCC(C[O])CC(C)C.CCOC(N)=O. The Hall–Kier alpha value is -0.770. The Morgan fingerprint density at radius 1 is 1.31 bits per heavy atom. The molecular weight excluding hydrogens is 206 g/mol. The lowest BCUT2D eigenvalue weighted by atomic mass is 9.94. The van der Waals surface area contributed by atoms with Crippen molar-refractivity contribution in [2.75, 3.05) is 13.2 Å². The predicted octanol–water partition coefficient (Wildman–Crippen LogP) is 2.98. The van der Waals surface area contributed by atoms with Crippen LogP contribution in [0.15, 0.2) is 0 Å². The summed E-state index contributed by atoms with van der Waals surface area (Å²) < 4.78 is 4.18. The molecule has 1 unspecified atom stereocenters. The molecule has 0 fully saturated rings. The van der Waals surface area contributed by atoms with E-state index in [9.17, 15) is 9.90 Å². The maximum Gasteiger partial charge on any atom is 0.404 e. The van der Waals surface area contributed by atoms with Crippen LogP contribution in [0.2, 0.25) is 0 Å². The van der Waals surface area contributed by atoms with Crippen LogP contribution in [-0.2, 0) is 9.84 Å². The zero-order valence-electron chi connectivity index (χ0n) is 11.0. The molecule has 0 saturated carbocycles. The number of nitrogens with two attached hydrogens (primary N) is 1. The van der Waals surface area contributed by atoms with E-state index < -0.39 is 6.09 Å². The second-order valence-electron chi connectivity index (χ2n) is 4.20. The maximum absolute atomic E-state index is 10.6. The molecule has 0 heterocycles. The molecule has 0 spiro atoms. The number of rotatable bonds is 6. The van der Waals surface area contributed by atoms with Crippen LogP contribution < -0.4 is 5.73 Å². The monoisotopic (exact) mass is 232 g/mol. The van der Waals surface area contributed by atoms with Gasteiger partial charge in [-0.1, -0.05) is 27.2 Å². The molecule has 4 nitrogen and oxygen atoms in total. The highest BCUT2D eigenvalue weighted by Gasteiger charge is 2.08. The molecule has 2 N–H and O–H groups in total. The van der Waals surface area contributed by atoms with Gasteiger partial charge >= 0.3 is 6.09 Å². The van der Waals surface area contributed by atoms with Crippen LogP contribution in [0, 0.1) is 11.8 Å². The molecule has 0 aromatic carbocycles. The summed E-state index contributed by atoms with van der Waals surface area (Å²) in [6, 6.07) is 0. The van der Waals surface area contributed by atoms with E-state index in [4.69, 9.17) is 0 Å². The minimum Gasteiger partial charge on any atom is -0.450 e. The van der Waals surface area contributed by atoms with Gasteiger partial charge in [-0.15, -0.1) is 0 Å². The Morgan fingerprint density at radius 3 is 2.06 bits per heavy atom. The molecule has 0 saturated heterocycles. The summed E-state index contributed by atoms with van der Waals surface area (Å²) in [5.41, 5.74) is 4.54. The van der Waals surface area contributed by atoms with Crippen LogP contribution >= 0.6 is 0 Å². The molecule has 0 bridgehead atoms. The van der Waals surface area contributed by atoms with Crippen molar-refractivity contribution in [2.45, 2.75) is 47.0 Å². The summed E-state index contributed by atoms with van der Waals surface area (Å²) in [7, 11) is 0. The van der Waals surface area contributed by atoms with Crippen molar-refractivity contribution in [1.29, 1.82) is 0 Å². The van der Waals surface area contributed by atoms with Crippen molar-refractivity contribution < 1.29 is 14.6 Å². The average Bonchev–Trinajstić information content (AvgIpc) is 2.17. The number of primary amides is 1. The summed E-state index contributed by atoms with van der Waals surface area (Å²) >= 11 is 0. The largest absolute Gasteiger partial charge is 0.450 e. The Labute approximate surface area is 99.2 Å². The van der Waals surface area contributed by atoms with Gasteiger partial charge in [0.1, 0.15) is 0 Å². The molecule has 0 aliphatic rings. The molecule has 0 aliphatic heterocycles. The standard InChI is InChI=1S/C9H19O.C3H7NO2/c1-4-5-9(7-10)6-8(2)3;1-2-6-3(4)5/h8-9H,4-7H2,1-3H3;2H2,1H3,(H2,4,5). The van der Waals surface area contributed by atoms with E-state index in [2.05, 4.69) is 31.2 Å². The van der Waals surface area contributed by atoms with Gasteiger partial charge in [0.25, 0.3) is 0 Å². The van der Waals surface area contributed by atoms with E-state index in [-0.39, 0.29) is 6.61 Å². The Bertz CT molecular complexity index is 160. The second kappa shape index (κ2) is 12.3. The second-order valence-corrected chi connectivity index (χ2v) is 4.20. The van der Waals surface area contributed by atoms with Crippen molar-refractivity contribution >= 4 is 6.09 Å². The minimum atomic E-state index is -0.711. The zero-order chi connectivity index (χ0) is 13.0. The van der Waals surface area contributed by atoms with Crippen molar-refractivity contribution in [2.24, 2.45) is 17.6 Å². The normalized spacial score (nSPS) is 11.6. The molecule has 16 heavy (non-hydrogen) atoms. The highest BCUT2D eigenvalue weighted by molar-refractivity contribution is 5.64. The molecule has 0 aromatic heterocycles. The van der Waals surface area contributed by atoms with E-state index in [1.54, 1.807) is 6.92 Å². The van der Waals surface area contributed by atoms with Gasteiger partial charge in [-0.05, 0) is 31.6 Å². The average molecular weight is 232 g/mol. The molecular formula is C12H26NO3. The third kappa shape index (κ3) is 15.7. The highest BCUT2D eigenvalue weighted by Crippen LogP contribution is 2.15. The number of carbonyl (C=O) groups is 1. The van der Waals surface area contributed by atoms with Gasteiger partial charge < -0.3 is 10.5 Å². The fourth-order valence-corrected chi connectivity index (χ4v) is 1.49. The quantitative estimate of drug-likeness (QED) is 0.764.